The number of aryl methyl sites for hydroxylation is 1. The van der Waals surface area contributed by atoms with Crippen molar-refractivity contribution in [3.8, 4) is 5.69 Å². The van der Waals surface area contributed by atoms with Crippen LogP contribution in [0.15, 0.2) is 47.3 Å². The molecular weight excluding hydrogens is 411 g/mol. The number of amides is 1. The fraction of sp³-hybridized carbons (Fsp3) is 0.190. The second-order valence-electron chi connectivity index (χ2n) is 7.05. The Bertz CT molecular complexity index is 1340. The number of fused-ring (bicyclic) bond motifs is 3. The number of carbonyl (C=O) groups excluding carboxylic acids is 1. The van der Waals surface area contributed by atoms with Crippen LogP contribution in [0.1, 0.15) is 5.69 Å². The summed E-state index contributed by atoms with van der Waals surface area (Å²) in [6.45, 7) is 0. The number of hydrogen-bond acceptors (Lipinski definition) is 3. The van der Waals surface area contributed by atoms with Crippen LogP contribution in [0.3, 0.4) is 0 Å². The quantitative estimate of drug-likeness (QED) is 0.498. The van der Waals surface area contributed by atoms with Crippen LogP contribution < -0.4 is 5.56 Å². The number of likely N-dealkylation sites (N-methyl/N-ethyl adjacent to an activating group) is 1. The first-order valence-electron chi connectivity index (χ1n) is 8.94. The number of halogens is 2. The highest BCUT2D eigenvalue weighted by molar-refractivity contribution is 6.31. The summed E-state index contributed by atoms with van der Waals surface area (Å²) in [6.07, 6.45) is 0.0616. The van der Waals surface area contributed by atoms with Crippen LogP contribution in [0.2, 0.25) is 10.0 Å². The number of aromatic nitrogens is 3. The summed E-state index contributed by atoms with van der Waals surface area (Å²) in [7, 11) is 5.19. The molecule has 0 unspecified atom stereocenters. The molecule has 0 atom stereocenters. The predicted octanol–water partition coefficient (Wildman–Crippen LogP) is 3.81. The van der Waals surface area contributed by atoms with Gasteiger partial charge >= 0.3 is 0 Å². The van der Waals surface area contributed by atoms with Crippen molar-refractivity contribution in [1.82, 2.24) is 19.2 Å². The van der Waals surface area contributed by atoms with Gasteiger partial charge in [0.05, 0.1) is 23.3 Å². The molecule has 0 bridgehead atoms. The van der Waals surface area contributed by atoms with Crippen molar-refractivity contribution in [3.63, 3.8) is 0 Å². The SMILES string of the molecule is CN(C)C(=O)Cc1nn(-c2cccc(Cl)c2)c(=O)c2c1c1ccc(Cl)cc1n2C. The maximum Gasteiger partial charge on any atom is 0.296 e. The standard InChI is InChI=1S/C21H18Cl2N4O2/c1-25(2)18(28)11-16-19-15-8-7-13(23)10-17(15)26(3)20(19)21(29)27(24-16)14-6-4-5-12(22)9-14/h4-10H,11H2,1-3H3. The molecule has 0 saturated carbocycles. The molecule has 2 aromatic carbocycles. The first-order valence-corrected chi connectivity index (χ1v) is 9.69. The van der Waals surface area contributed by atoms with E-state index < -0.39 is 0 Å². The van der Waals surface area contributed by atoms with Gasteiger partial charge in [-0.3, -0.25) is 9.59 Å². The highest BCUT2D eigenvalue weighted by Crippen LogP contribution is 2.31. The Hall–Kier alpha value is -2.83. The molecule has 0 spiro atoms. The number of rotatable bonds is 3. The molecule has 4 aromatic rings. The molecule has 2 heterocycles. The molecule has 0 saturated heterocycles. The molecule has 2 aromatic heterocycles. The lowest BCUT2D eigenvalue weighted by Gasteiger charge is -2.13. The van der Waals surface area contributed by atoms with Gasteiger partial charge in [-0.2, -0.15) is 9.78 Å². The van der Waals surface area contributed by atoms with Gasteiger partial charge in [-0.05, 0) is 30.3 Å². The number of hydrogen-bond donors (Lipinski definition) is 0. The molecule has 0 radical (unpaired) electrons. The van der Waals surface area contributed by atoms with E-state index in [-0.39, 0.29) is 17.9 Å². The van der Waals surface area contributed by atoms with Crippen molar-refractivity contribution >= 4 is 50.9 Å². The molecule has 6 nitrogen and oxygen atoms in total. The first-order chi connectivity index (χ1) is 13.8. The van der Waals surface area contributed by atoms with Crippen molar-refractivity contribution in [1.29, 1.82) is 0 Å². The van der Waals surface area contributed by atoms with Gasteiger partial charge in [-0.25, -0.2) is 0 Å². The van der Waals surface area contributed by atoms with Gasteiger partial charge in [0.1, 0.15) is 5.52 Å². The maximum atomic E-state index is 13.4. The van der Waals surface area contributed by atoms with E-state index in [4.69, 9.17) is 23.2 Å². The monoisotopic (exact) mass is 428 g/mol. The van der Waals surface area contributed by atoms with Crippen molar-refractivity contribution in [3.05, 3.63) is 68.6 Å². The molecular formula is C21H18Cl2N4O2. The summed E-state index contributed by atoms with van der Waals surface area (Å²) in [5, 5.41) is 7.12. The van der Waals surface area contributed by atoms with Crippen LogP contribution in [0.4, 0.5) is 0 Å². The van der Waals surface area contributed by atoms with Gasteiger partial charge in [0.25, 0.3) is 5.56 Å². The van der Waals surface area contributed by atoms with Crippen LogP contribution in [0, 0.1) is 0 Å². The van der Waals surface area contributed by atoms with Crippen molar-refractivity contribution in [2.75, 3.05) is 14.1 Å². The van der Waals surface area contributed by atoms with Crippen LogP contribution in [-0.4, -0.2) is 39.3 Å². The topological polar surface area (TPSA) is 60.1 Å². The maximum absolute atomic E-state index is 13.4. The summed E-state index contributed by atoms with van der Waals surface area (Å²) in [5.74, 6) is -0.110. The number of carbonyl (C=O) groups is 1. The van der Waals surface area contributed by atoms with Gasteiger partial charge in [0.2, 0.25) is 5.91 Å². The lowest BCUT2D eigenvalue weighted by atomic mass is 10.1. The second-order valence-corrected chi connectivity index (χ2v) is 7.93. The molecule has 4 rings (SSSR count). The lowest BCUT2D eigenvalue weighted by molar-refractivity contribution is -0.128. The summed E-state index contributed by atoms with van der Waals surface area (Å²) in [6, 6.07) is 12.3. The molecule has 148 valence electrons. The third kappa shape index (κ3) is 3.28. The summed E-state index contributed by atoms with van der Waals surface area (Å²) < 4.78 is 3.10. The molecule has 29 heavy (non-hydrogen) atoms. The molecule has 8 heteroatoms. The fourth-order valence-electron chi connectivity index (χ4n) is 3.48. The molecule has 0 N–H and O–H groups in total. The van der Waals surface area contributed by atoms with E-state index in [0.29, 0.717) is 32.3 Å². The Kier molecular flexibility index (Phi) is 4.84. The van der Waals surface area contributed by atoms with Crippen molar-refractivity contribution in [2.45, 2.75) is 6.42 Å². The fourth-order valence-corrected chi connectivity index (χ4v) is 3.83. The summed E-state index contributed by atoms with van der Waals surface area (Å²) in [5.41, 5.74) is 2.02. The Balaban J connectivity index is 2.13. The average Bonchev–Trinajstić information content (AvgIpc) is 2.96. The lowest BCUT2D eigenvalue weighted by Crippen LogP contribution is -2.28. The van der Waals surface area contributed by atoms with Crippen LogP contribution in [0.25, 0.3) is 27.5 Å². The Morgan fingerprint density at radius 1 is 1.10 bits per heavy atom. The summed E-state index contributed by atoms with van der Waals surface area (Å²) in [4.78, 5) is 27.4. The number of nitrogens with zero attached hydrogens (tertiary/aromatic N) is 4. The minimum absolute atomic E-state index is 0.0616. The zero-order chi connectivity index (χ0) is 20.9. The zero-order valence-corrected chi connectivity index (χ0v) is 17.6. The predicted molar refractivity (Wildman–Crippen MR) is 116 cm³/mol. The van der Waals surface area contributed by atoms with E-state index in [2.05, 4.69) is 5.10 Å². The Morgan fingerprint density at radius 3 is 2.52 bits per heavy atom. The van der Waals surface area contributed by atoms with Gasteiger partial charge in [-0.15, -0.1) is 0 Å². The number of benzene rings is 2. The van der Waals surface area contributed by atoms with Crippen LogP contribution in [-0.2, 0) is 18.3 Å². The van der Waals surface area contributed by atoms with Gasteiger partial charge < -0.3 is 9.47 Å². The third-order valence-corrected chi connectivity index (χ3v) is 5.41. The van der Waals surface area contributed by atoms with Crippen molar-refractivity contribution < 1.29 is 4.79 Å². The Labute approximate surface area is 176 Å². The van der Waals surface area contributed by atoms with E-state index in [9.17, 15) is 9.59 Å². The van der Waals surface area contributed by atoms with Crippen LogP contribution >= 0.6 is 23.2 Å². The van der Waals surface area contributed by atoms with E-state index in [1.165, 1.54) is 9.58 Å². The highest BCUT2D eigenvalue weighted by Gasteiger charge is 2.21. The van der Waals surface area contributed by atoms with E-state index in [1.54, 1.807) is 55.1 Å². The Morgan fingerprint density at radius 2 is 1.83 bits per heavy atom. The minimum Gasteiger partial charge on any atom is -0.348 e. The zero-order valence-electron chi connectivity index (χ0n) is 16.1. The third-order valence-electron chi connectivity index (χ3n) is 4.94. The molecule has 0 fully saturated rings. The molecule has 0 aliphatic carbocycles. The smallest absolute Gasteiger partial charge is 0.296 e. The van der Waals surface area contributed by atoms with E-state index in [0.717, 1.165) is 10.9 Å². The highest BCUT2D eigenvalue weighted by atomic mass is 35.5. The van der Waals surface area contributed by atoms with Gasteiger partial charge in [0.15, 0.2) is 0 Å². The average molecular weight is 429 g/mol. The minimum atomic E-state index is -0.293. The normalized spacial score (nSPS) is 11.3. The first kappa shape index (κ1) is 19.5. The molecule has 1 amide bonds. The second kappa shape index (κ2) is 7.21. The largest absolute Gasteiger partial charge is 0.348 e. The van der Waals surface area contributed by atoms with Crippen molar-refractivity contribution in [2.24, 2.45) is 7.05 Å². The molecule has 0 aliphatic heterocycles. The van der Waals surface area contributed by atoms with E-state index >= 15 is 0 Å². The van der Waals surface area contributed by atoms with Gasteiger partial charge in [-0.1, -0.05) is 35.3 Å². The molecule has 0 aliphatic rings. The van der Waals surface area contributed by atoms with Crippen LogP contribution in [0.5, 0.6) is 0 Å². The summed E-state index contributed by atoms with van der Waals surface area (Å²) >= 11 is 12.3. The van der Waals surface area contributed by atoms with Gasteiger partial charge in [0, 0.05) is 42.0 Å². The van der Waals surface area contributed by atoms with E-state index in [1.807, 2.05) is 13.1 Å².